The zero-order valence-corrected chi connectivity index (χ0v) is 8.58. The van der Waals surface area contributed by atoms with E-state index >= 15 is 0 Å². The number of hydrogen-bond acceptors (Lipinski definition) is 2. The van der Waals surface area contributed by atoms with E-state index in [1.807, 2.05) is 11.8 Å². The summed E-state index contributed by atoms with van der Waals surface area (Å²) in [7, 11) is 0. The van der Waals surface area contributed by atoms with E-state index in [1.165, 1.54) is 12.2 Å². The summed E-state index contributed by atoms with van der Waals surface area (Å²) in [5.74, 6) is 1.90. The van der Waals surface area contributed by atoms with Crippen LogP contribution in [0.15, 0.2) is 0 Å². The first-order valence-electron chi connectivity index (χ1n) is 4.66. The zero-order chi connectivity index (χ0) is 8.82. The maximum Gasteiger partial charge on any atom is 0.0693 e. The Morgan fingerprint density at radius 1 is 1.42 bits per heavy atom. The van der Waals surface area contributed by atoms with Crippen molar-refractivity contribution in [1.29, 1.82) is 5.26 Å². The monoisotopic (exact) mass is 181 g/mol. The lowest BCUT2D eigenvalue weighted by Gasteiger charge is -2.29. The molecule has 0 amide bonds. The van der Waals surface area contributed by atoms with Gasteiger partial charge in [-0.15, -0.1) is 0 Å². The van der Waals surface area contributed by atoms with Crippen LogP contribution in [0.4, 0.5) is 0 Å². The minimum absolute atomic E-state index is 0.0903. The van der Waals surface area contributed by atoms with Crippen molar-refractivity contribution in [2.45, 2.75) is 37.9 Å². The average Bonchev–Trinajstić information content (AvgIpc) is 2.72. The Labute approximate surface area is 78.5 Å². The molecule has 1 unspecified atom stereocenters. The van der Waals surface area contributed by atoms with Gasteiger partial charge in [0.25, 0.3) is 0 Å². The highest BCUT2D eigenvalue weighted by molar-refractivity contribution is 8.00. The van der Waals surface area contributed by atoms with Gasteiger partial charge in [-0.05, 0) is 30.9 Å². The quantitative estimate of drug-likeness (QED) is 0.621. The molecule has 1 aliphatic carbocycles. The summed E-state index contributed by atoms with van der Waals surface area (Å²) in [6, 6.07) is 2.54. The van der Waals surface area contributed by atoms with Crippen LogP contribution in [0.5, 0.6) is 0 Å². The molecule has 1 heterocycles. The molecule has 2 rings (SSSR count). The largest absolute Gasteiger partial charge is 0.198 e. The molecule has 2 heteroatoms. The fraction of sp³-hybridized carbons (Fsp3) is 0.900. The standard InChI is InChI=1S/C10H15NS/c1-9(2)8(3-6-12-9)10(7-11)4-5-10/h8H,3-6H2,1-2H3. The molecule has 0 N–H and O–H groups in total. The van der Waals surface area contributed by atoms with Crippen LogP contribution < -0.4 is 0 Å². The lowest BCUT2D eigenvalue weighted by molar-refractivity contribution is 0.323. The predicted molar refractivity (Wildman–Crippen MR) is 51.9 cm³/mol. The molecule has 2 aliphatic rings. The smallest absolute Gasteiger partial charge is 0.0693 e. The van der Waals surface area contributed by atoms with Gasteiger partial charge in [-0.25, -0.2) is 0 Å². The van der Waals surface area contributed by atoms with Crippen LogP contribution in [0.25, 0.3) is 0 Å². The Hall–Kier alpha value is -0.160. The molecule has 0 aromatic carbocycles. The van der Waals surface area contributed by atoms with Crippen molar-refractivity contribution in [2.24, 2.45) is 11.3 Å². The molecule has 2 fully saturated rings. The van der Waals surface area contributed by atoms with Crippen molar-refractivity contribution >= 4 is 11.8 Å². The molecular formula is C10H15NS. The Bertz CT molecular complexity index is 235. The number of rotatable bonds is 1. The molecule has 12 heavy (non-hydrogen) atoms. The zero-order valence-electron chi connectivity index (χ0n) is 7.76. The maximum absolute atomic E-state index is 9.09. The lowest BCUT2D eigenvalue weighted by atomic mass is 9.79. The van der Waals surface area contributed by atoms with Crippen LogP contribution in [-0.4, -0.2) is 10.5 Å². The first kappa shape index (κ1) is 8.44. The predicted octanol–water partition coefficient (Wildman–Crippen LogP) is 2.82. The van der Waals surface area contributed by atoms with Gasteiger partial charge < -0.3 is 0 Å². The second kappa shape index (κ2) is 2.42. The molecule has 1 saturated heterocycles. The van der Waals surface area contributed by atoms with Crippen LogP contribution in [-0.2, 0) is 0 Å². The van der Waals surface area contributed by atoms with Gasteiger partial charge in [0.2, 0.25) is 0 Å². The Kier molecular flexibility index (Phi) is 1.70. The third-order valence-corrected chi connectivity index (χ3v) is 4.87. The van der Waals surface area contributed by atoms with Gasteiger partial charge in [0.1, 0.15) is 0 Å². The summed E-state index contributed by atoms with van der Waals surface area (Å²) in [6.45, 7) is 4.60. The van der Waals surface area contributed by atoms with Crippen LogP contribution in [0.3, 0.4) is 0 Å². The van der Waals surface area contributed by atoms with E-state index in [9.17, 15) is 0 Å². The summed E-state index contributed by atoms with van der Waals surface area (Å²) in [5.41, 5.74) is 0.0903. The Morgan fingerprint density at radius 3 is 2.42 bits per heavy atom. The van der Waals surface area contributed by atoms with Gasteiger partial charge in [-0.2, -0.15) is 17.0 Å². The molecule has 0 bridgehead atoms. The van der Waals surface area contributed by atoms with Crippen molar-refractivity contribution in [3.8, 4) is 6.07 Å². The fourth-order valence-corrected chi connectivity index (χ4v) is 3.93. The number of hydrogen-bond donors (Lipinski definition) is 0. The topological polar surface area (TPSA) is 23.8 Å². The molecule has 1 aliphatic heterocycles. The fourth-order valence-electron chi connectivity index (χ4n) is 2.50. The van der Waals surface area contributed by atoms with Gasteiger partial charge in [-0.1, -0.05) is 13.8 Å². The van der Waals surface area contributed by atoms with Crippen molar-refractivity contribution in [1.82, 2.24) is 0 Å². The first-order chi connectivity index (χ1) is 5.61. The molecule has 0 radical (unpaired) electrons. The van der Waals surface area contributed by atoms with E-state index in [0.29, 0.717) is 10.7 Å². The van der Waals surface area contributed by atoms with E-state index < -0.39 is 0 Å². The molecule has 1 saturated carbocycles. The van der Waals surface area contributed by atoms with E-state index in [2.05, 4.69) is 19.9 Å². The first-order valence-corrected chi connectivity index (χ1v) is 5.64. The van der Waals surface area contributed by atoms with Gasteiger partial charge in [0, 0.05) is 4.75 Å². The van der Waals surface area contributed by atoms with Gasteiger partial charge in [-0.3, -0.25) is 0 Å². The van der Waals surface area contributed by atoms with Gasteiger partial charge in [0.05, 0.1) is 11.5 Å². The minimum Gasteiger partial charge on any atom is -0.198 e. The summed E-state index contributed by atoms with van der Waals surface area (Å²) in [6.07, 6.45) is 3.56. The summed E-state index contributed by atoms with van der Waals surface area (Å²) >= 11 is 2.04. The third kappa shape index (κ3) is 1.07. The molecule has 0 aromatic heterocycles. The van der Waals surface area contributed by atoms with Crippen LogP contribution >= 0.6 is 11.8 Å². The second-order valence-corrected chi connectivity index (χ2v) is 6.31. The van der Waals surface area contributed by atoms with E-state index in [1.54, 1.807) is 0 Å². The summed E-state index contributed by atoms with van der Waals surface area (Å²) in [4.78, 5) is 0. The lowest BCUT2D eigenvalue weighted by Crippen LogP contribution is -2.29. The highest BCUT2D eigenvalue weighted by Crippen LogP contribution is 2.61. The molecular weight excluding hydrogens is 166 g/mol. The van der Waals surface area contributed by atoms with Crippen molar-refractivity contribution in [3.05, 3.63) is 0 Å². The van der Waals surface area contributed by atoms with E-state index in [4.69, 9.17) is 5.26 Å². The number of thioether (sulfide) groups is 1. The molecule has 0 spiro atoms. The average molecular weight is 181 g/mol. The Morgan fingerprint density at radius 2 is 2.08 bits per heavy atom. The summed E-state index contributed by atoms with van der Waals surface area (Å²) < 4.78 is 0.353. The number of nitriles is 1. The normalized spacial score (nSPS) is 35.9. The van der Waals surface area contributed by atoms with E-state index in [-0.39, 0.29) is 5.41 Å². The second-order valence-electron chi connectivity index (χ2n) is 4.56. The Balaban J connectivity index is 2.20. The van der Waals surface area contributed by atoms with Gasteiger partial charge in [0.15, 0.2) is 0 Å². The minimum atomic E-state index is 0.0903. The molecule has 0 aromatic rings. The van der Waals surface area contributed by atoms with Crippen LogP contribution in [0.2, 0.25) is 0 Å². The maximum atomic E-state index is 9.09. The molecule has 1 nitrogen and oxygen atoms in total. The summed E-state index contributed by atoms with van der Waals surface area (Å²) in [5, 5.41) is 9.09. The van der Waals surface area contributed by atoms with Crippen LogP contribution in [0.1, 0.15) is 33.1 Å². The molecule has 1 atom stereocenters. The SMILES string of the molecule is CC1(C)SCCC1C1(C#N)CC1. The van der Waals surface area contributed by atoms with Crippen molar-refractivity contribution in [3.63, 3.8) is 0 Å². The highest BCUT2D eigenvalue weighted by atomic mass is 32.2. The highest BCUT2D eigenvalue weighted by Gasteiger charge is 2.56. The third-order valence-electron chi connectivity index (χ3n) is 3.40. The van der Waals surface area contributed by atoms with Gasteiger partial charge >= 0.3 is 0 Å². The van der Waals surface area contributed by atoms with E-state index in [0.717, 1.165) is 12.8 Å². The van der Waals surface area contributed by atoms with Crippen molar-refractivity contribution < 1.29 is 0 Å². The molecule has 66 valence electrons. The van der Waals surface area contributed by atoms with Crippen LogP contribution in [0, 0.1) is 22.7 Å². The number of nitrogens with zero attached hydrogens (tertiary/aromatic N) is 1. The van der Waals surface area contributed by atoms with Crippen molar-refractivity contribution in [2.75, 3.05) is 5.75 Å².